The van der Waals surface area contributed by atoms with E-state index in [0.29, 0.717) is 11.3 Å². The van der Waals surface area contributed by atoms with Crippen molar-refractivity contribution in [2.24, 2.45) is 4.99 Å². The maximum absolute atomic E-state index is 11.3. The number of anilines is 1. The molecule has 0 radical (unpaired) electrons. The quantitative estimate of drug-likeness (QED) is 0.504. The maximum atomic E-state index is 11.3. The van der Waals surface area contributed by atoms with Crippen molar-refractivity contribution in [2.45, 2.75) is 6.42 Å². The van der Waals surface area contributed by atoms with Crippen molar-refractivity contribution in [1.82, 2.24) is 0 Å². The molecular weight excluding hydrogens is 341 g/mol. The van der Waals surface area contributed by atoms with Crippen molar-refractivity contribution < 1.29 is 174 Å². The van der Waals surface area contributed by atoms with Crippen LogP contribution < -0.4 is 174 Å². The van der Waals surface area contributed by atoms with Gasteiger partial charge in [-0.3, -0.25) is 4.99 Å². The van der Waals surface area contributed by atoms with Crippen LogP contribution in [0.3, 0.4) is 0 Å². The monoisotopic (exact) mass is 350 g/mol. The minimum atomic E-state index is -1.16. The van der Waals surface area contributed by atoms with Crippen molar-refractivity contribution in [3.63, 3.8) is 0 Å². The molecule has 1 aromatic carbocycles. The Kier molecular flexibility index (Phi) is 15.1. The average Bonchev–Trinajstić information content (AvgIpc) is 2.28. The van der Waals surface area contributed by atoms with Crippen LogP contribution in [-0.2, 0) is 4.79 Å². The third kappa shape index (κ3) is 7.05. The first-order chi connectivity index (χ1) is 8.08. The fourth-order valence-corrected chi connectivity index (χ4v) is 1.67. The summed E-state index contributed by atoms with van der Waals surface area (Å²) in [6, 6.07) is 2.43. The second-order valence-corrected chi connectivity index (χ2v) is 3.70. The number of rotatable bonds is 3. The van der Waals surface area contributed by atoms with Crippen molar-refractivity contribution in [2.75, 3.05) is 18.1 Å². The number of benzene rings is 1. The Morgan fingerprint density at radius 2 is 1.80 bits per heavy atom. The van der Waals surface area contributed by atoms with Gasteiger partial charge in [-0.2, -0.15) is 0 Å². The first-order valence-corrected chi connectivity index (χ1v) is 5.04. The second kappa shape index (κ2) is 12.1. The van der Waals surface area contributed by atoms with Crippen LogP contribution >= 0.6 is 0 Å². The average molecular weight is 350 g/mol. The number of hydrogen-bond donors (Lipinski definition) is 0. The molecule has 0 amide bonds. The van der Waals surface area contributed by atoms with Crippen LogP contribution in [0, 0.1) is 0 Å². The topological polar surface area (TPSA) is 102 Å². The SMILES string of the molecule is O=C([O-])CCN1CN=Cc2cc([O-])c([O-])cc21.[K+].[K+].[K+]. The van der Waals surface area contributed by atoms with E-state index in [1.807, 2.05) is 0 Å². The molecule has 0 aromatic heterocycles. The Balaban J connectivity index is 0. The number of nitrogens with zero attached hydrogens (tertiary/aromatic N) is 2. The molecule has 90 valence electrons. The molecule has 0 atom stereocenters. The Hall–Kier alpha value is 2.67. The third-order valence-corrected chi connectivity index (χ3v) is 2.50. The van der Waals surface area contributed by atoms with Gasteiger partial charge in [0.25, 0.3) is 0 Å². The van der Waals surface area contributed by atoms with Gasteiger partial charge in [0.1, 0.15) is 6.67 Å². The fourth-order valence-electron chi connectivity index (χ4n) is 1.67. The molecule has 0 saturated carbocycles. The zero-order valence-corrected chi connectivity index (χ0v) is 21.3. The Bertz CT molecular complexity index is 497. The summed E-state index contributed by atoms with van der Waals surface area (Å²) in [5.74, 6) is -2.35. The van der Waals surface area contributed by atoms with E-state index in [4.69, 9.17) is 0 Å². The van der Waals surface area contributed by atoms with Crippen molar-refractivity contribution in [1.29, 1.82) is 0 Å². The van der Waals surface area contributed by atoms with Gasteiger partial charge in [-0.05, 0) is 6.07 Å². The van der Waals surface area contributed by atoms with E-state index in [9.17, 15) is 20.1 Å². The molecule has 6 nitrogen and oxygen atoms in total. The van der Waals surface area contributed by atoms with Gasteiger partial charge in [-0.25, -0.2) is 0 Å². The summed E-state index contributed by atoms with van der Waals surface area (Å²) >= 11 is 0. The standard InChI is InChI=1S/C11H12N2O4.3K/c14-9-3-7-5-12-6-13(2-1-11(16)17)8(7)4-10(9)15;;;/h3-5,14-15H,1-2,6H2,(H,16,17);;;/q;3*+1/p-3. The molecule has 0 spiro atoms. The number of carboxylic acids is 1. The van der Waals surface area contributed by atoms with E-state index in [0.717, 1.165) is 0 Å². The van der Waals surface area contributed by atoms with Crippen LogP contribution in [0.2, 0.25) is 0 Å². The smallest absolute Gasteiger partial charge is 0.873 e. The number of aliphatic carboxylic acids is 1. The number of hydrogen-bond acceptors (Lipinski definition) is 6. The maximum Gasteiger partial charge on any atom is 1.00 e. The molecule has 20 heavy (non-hydrogen) atoms. The van der Waals surface area contributed by atoms with Gasteiger partial charge in [0.05, 0.1) is 0 Å². The van der Waals surface area contributed by atoms with Gasteiger partial charge in [-0.1, -0.05) is 6.07 Å². The first kappa shape index (κ1) is 24.9. The molecule has 0 unspecified atom stereocenters. The van der Waals surface area contributed by atoms with Crippen LogP contribution in [-0.4, -0.2) is 25.4 Å². The Labute approximate surface area is 244 Å². The second-order valence-electron chi connectivity index (χ2n) is 3.70. The molecule has 1 heterocycles. The first-order valence-electron chi connectivity index (χ1n) is 5.04. The zero-order chi connectivity index (χ0) is 12.4. The van der Waals surface area contributed by atoms with E-state index < -0.39 is 17.5 Å². The third-order valence-electron chi connectivity index (χ3n) is 2.50. The van der Waals surface area contributed by atoms with Crippen LogP contribution in [0.25, 0.3) is 0 Å². The zero-order valence-electron chi connectivity index (χ0n) is 11.9. The van der Waals surface area contributed by atoms with Gasteiger partial charge in [0.2, 0.25) is 0 Å². The number of carbonyl (C=O) groups is 1. The van der Waals surface area contributed by atoms with Gasteiger partial charge in [0, 0.05) is 36.4 Å². The molecule has 9 heteroatoms. The molecule has 0 saturated heterocycles. The van der Waals surface area contributed by atoms with Gasteiger partial charge in [0.15, 0.2) is 0 Å². The molecule has 0 aliphatic carbocycles. The van der Waals surface area contributed by atoms with E-state index in [-0.39, 0.29) is 174 Å². The molecule has 0 N–H and O–H groups in total. The summed E-state index contributed by atoms with van der Waals surface area (Å²) < 4.78 is 0. The Morgan fingerprint density at radius 1 is 1.20 bits per heavy atom. The van der Waals surface area contributed by atoms with Gasteiger partial charge in [-0.15, -0.1) is 11.5 Å². The predicted octanol–water partition coefficient (Wildman–Crippen LogP) is -10.8. The van der Waals surface area contributed by atoms with Crippen molar-refractivity contribution in [3.05, 3.63) is 17.7 Å². The summed E-state index contributed by atoms with van der Waals surface area (Å²) in [7, 11) is 0. The normalized spacial score (nSPS) is 11.5. The summed E-state index contributed by atoms with van der Waals surface area (Å²) in [5.41, 5.74) is 1.09. The van der Waals surface area contributed by atoms with Crippen LogP contribution in [0.5, 0.6) is 11.5 Å². The Morgan fingerprint density at radius 3 is 2.40 bits per heavy atom. The number of fused-ring (bicyclic) bond motifs is 1. The van der Waals surface area contributed by atoms with Gasteiger partial charge < -0.3 is 25.0 Å². The van der Waals surface area contributed by atoms with E-state index in [1.165, 1.54) is 18.3 Å². The van der Waals surface area contributed by atoms with Crippen LogP contribution in [0.1, 0.15) is 12.0 Å². The minimum absolute atomic E-state index is 0. The molecule has 1 aliphatic heterocycles. The van der Waals surface area contributed by atoms with Gasteiger partial charge >= 0.3 is 154 Å². The largest absolute Gasteiger partial charge is 1.00 e. The number of carbonyl (C=O) groups excluding carboxylic acids is 1. The molecule has 0 fully saturated rings. The molecule has 0 bridgehead atoms. The van der Waals surface area contributed by atoms with E-state index >= 15 is 0 Å². The van der Waals surface area contributed by atoms with Crippen LogP contribution in [0.4, 0.5) is 5.69 Å². The minimum Gasteiger partial charge on any atom is -0.873 e. The summed E-state index contributed by atoms with van der Waals surface area (Å²) in [6.45, 7) is 0.474. The fraction of sp³-hybridized carbons (Fsp3) is 0.273. The molecular formula is C11H9K3N2O4. The molecule has 2 rings (SSSR count). The van der Waals surface area contributed by atoms with E-state index in [1.54, 1.807) is 4.90 Å². The molecule has 1 aromatic rings. The number of carboxylic acid groups (broad SMARTS) is 1. The summed E-state index contributed by atoms with van der Waals surface area (Å²) in [4.78, 5) is 16.0. The van der Waals surface area contributed by atoms with E-state index in [2.05, 4.69) is 4.99 Å². The number of aliphatic imine (C=N–C) groups is 1. The summed E-state index contributed by atoms with van der Waals surface area (Å²) in [6.07, 6.45) is 1.36. The molecule has 1 aliphatic rings. The predicted molar refractivity (Wildman–Crippen MR) is 54.8 cm³/mol. The van der Waals surface area contributed by atoms with Crippen molar-refractivity contribution >= 4 is 17.9 Å². The van der Waals surface area contributed by atoms with Crippen molar-refractivity contribution in [3.8, 4) is 11.5 Å². The summed E-state index contributed by atoms with van der Waals surface area (Å²) in [5, 5.41) is 32.8. The van der Waals surface area contributed by atoms with Crippen LogP contribution in [0.15, 0.2) is 17.1 Å².